The third-order valence-electron chi connectivity index (χ3n) is 2.99. The molecular formula is C13H17N3O. The first-order valence-electron chi connectivity index (χ1n) is 5.55. The molecule has 0 aliphatic heterocycles. The molecule has 1 aromatic heterocycles. The van der Waals surface area contributed by atoms with Crippen LogP contribution in [0.2, 0.25) is 0 Å². The summed E-state index contributed by atoms with van der Waals surface area (Å²) < 4.78 is 5.41. The molecule has 0 fully saturated rings. The number of nitrogens with one attached hydrogen (secondary N) is 1. The minimum absolute atomic E-state index is 0.436. The molecule has 0 bridgehead atoms. The van der Waals surface area contributed by atoms with Crippen LogP contribution in [-0.4, -0.2) is 17.1 Å². The molecule has 4 nitrogen and oxygen atoms in total. The van der Waals surface area contributed by atoms with E-state index in [4.69, 9.17) is 10.5 Å². The lowest BCUT2D eigenvalue weighted by atomic mass is 10.0. The van der Waals surface area contributed by atoms with Crippen molar-refractivity contribution < 1.29 is 4.74 Å². The first kappa shape index (κ1) is 11.7. The molecule has 0 saturated carbocycles. The van der Waals surface area contributed by atoms with E-state index in [9.17, 15) is 0 Å². The van der Waals surface area contributed by atoms with Crippen molar-refractivity contribution >= 4 is 0 Å². The number of hydrogen-bond donors (Lipinski definition) is 2. The van der Waals surface area contributed by atoms with Gasteiger partial charge in [-0.15, -0.1) is 0 Å². The van der Waals surface area contributed by atoms with E-state index in [0.29, 0.717) is 6.54 Å². The Labute approximate surface area is 101 Å². The summed E-state index contributed by atoms with van der Waals surface area (Å²) >= 11 is 0. The molecule has 3 N–H and O–H groups in total. The van der Waals surface area contributed by atoms with E-state index in [2.05, 4.69) is 29.9 Å². The van der Waals surface area contributed by atoms with Crippen molar-refractivity contribution in [3.05, 3.63) is 35.3 Å². The number of imidazole rings is 1. The van der Waals surface area contributed by atoms with E-state index in [1.807, 2.05) is 6.07 Å². The second-order valence-electron chi connectivity index (χ2n) is 4.07. The highest BCUT2D eigenvalue weighted by Crippen LogP contribution is 2.32. The van der Waals surface area contributed by atoms with E-state index >= 15 is 0 Å². The highest BCUT2D eigenvalue weighted by atomic mass is 16.5. The molecule has 0 unspecified atom stereocenters. The number of nitrogens with zero attached hydrogens (tertiary/aromatic N) is 1. The maximum atomic E-state index is 5.68. The van der Waals surface area contributed by atoms with Crippen molar-refractivity contribution in [1.29, 1.82) is 0 Å². The predicted octanol–water partition coefficient (Wildman–Crippen LogP) is 2.16. The molecule has 4 heteroatoms. The molecule has 0 radical (unpaired) electrons. The molecule has 2 aromatic rings. The lowest BCUT2D eigenvalue weighted by Crippen LogP contribution is -2.00. The van der Waals surface area contributed by atoms with Crippen LogP contribution in [0, 0.1) is 13.8 Å². The Morgan fingerprint density at radius 2 is 2.00 bits per heavy atom. The molecule has 0 aliphatic rings. The quantitative estimate of drug-likeness (QED) is 0.850. The Bertz CT molecular complexity index is 531. The monoisotopic (exact) mass is 231 g/mol. The van der Waals surface area contributed by atoms with Crippen molar-refractivity contribution in [1.82, 2.24) is 9.97 Å². The summed E-state index contributed by atoms with van der Waals surface area (Å²) in [6.07, 6.45) is 1.66. The van der Waals surface area contributed by atoms with Crippen LogP contribution < -0.4 is 10.5 Å². The lowest BCUT2D eigenvalue weighted by Gasteiger charge is -2.11. The number of benzene rings is 1. The lowest BCUT2D eigenvalue weighted by molar-refractivity contribution is 0.416. The Kier molecular flexibility index (Phi) is 3.15. The van der Waals surface area contributed by atoms with Gasteiger partial charge in [0.2, 0.25) is 0 Å². The summed E-state index contributed by atoms with van der Waals surface area (Å²) in [6.45, 7) is 4.58. The molecule has 1 heterocycles. The molecule has 0 aliphatic carbocycles. The van der Waals surface area contributed by atoms with Gasteiger partial charge < -0.3 is 15.5 Å². The van der Waals surface area contributed by atoms with E-state index in [-0.39, 0.29) is 0 Å². The molecule has 17 heavy (non-hydrogen) atoms. The summed E-state index contributed by atoms with van der Waals surface area (Å²) in [5.74, 6) is 0.829. The highest BCUT2D eigenvalue weighted by molar-refractivity contribution is 5.70. The number of methoxy groups -OCH3 is 1. The van der Waals surface area contributed by atoms with Crippen LogP contribution in [0.4, 0.5) is 0 Å². The van der Waals surface area contributed by atoms with Gasteiger partial charge in [-0.05, 0) is 37.1 Å². The summed E-state index contributed by atoms with van der Waals surface area (Å²) in [7, 11) is 1.67. The van der Waals surface area contributed by atoms with Gasteiger partial charge in [-0.1, -0.05) is 0 Å². The van der Waals surface area contributed by atoms with Crippen LogP contribution in [0.5, 0.6) is 5.75 Å². The normalized spacial score (nSPS) is 10.6. The van der Waals surface area contributed by atoms with Crippen molar-refractivity contribution in [3.63, 3.8) is 0 Å². The Hall–Kier alpha value is -1.81. The average molecular weight is 231 g/mol. The second kappa shape index (κ2) is 4.59. The highest BCUT2D eigenvalue weighted by Gasteiger charge is 2.13. The Morgan fingerprint density at radius 1 is 1.29 bits per heavy atom. The van der Waals surface area contributed by atoms with Gasteiger partial charge in [0, 0.05) is 12.1 Å². The largest absolute Gasteiger partial charge is 0.496 e. The number of hydrogen-bond acceptors (Lipinski definition) is 3. The zero-order valence-corrected chi connectivity index (χ0v) is 10.4. The SMILES string of the molecule is COc1cc(C)c(C)cc1-c1nc[nH]c1CN. The number of aromatic amines is 1. The van der Waals surface area contributed by atoms with Gasteiger partial charge in [-0.3, -0.25) is 0 Å². The first-order chi connectivity index (χ1) is 8.17. The standard InChI is InChI=1S/C13H17N3O/c1-8-4-10(12(17-3)5-9(8)2)13-11(6-14)15-7-16-13/h4-5,7H,6,14H2,1-3H3,(H,15,16). The minimum Gasteiger partial charge on any atom is -0.496 e. The second-order valence-corrected chi connectivity index (χ2v) is 4.07. The van der Waals surface area contributed by atoms with Gasteiger partial charge >= 0.3 is 0 Å². The molecule has 0 spiro atoms. The van der Waals surface area contributed by atoms with Crippen LogP contribution in [0.3, 0.4) is 0 Å². The maximum Gasteiger partial charge on any atom is 0.128 e. The summed E-state index contributed by atoms with van der Waals surface area (Å²) in [5.41, 5.74) is 10.9. The minimum atomic E-state index is 0.436. The fraction of sp³-hybridized carbons (Fsp3) is 0.308. The zero-order chi connectivity index (χ0) is 12.4. The summed E-state index contributed by atoms with van der Waals surface area (Å²) in [4.78, 5) is 7.37. The summed E-state index contributed by atoms with van der Waals surface area (Å²) in [5, 5.41) is 0. The van der Waals surface area contributed by atoms with Gasteiger partial charge in [0.15, 0.2) is 0 Å². The van der Waals surface area contributed by atoms with Crippen molar-refractivity contribution in [3.8, 4) is 17.0 Å². The number of aromatic nitrogens is 2. The van der Waals surface area contributed by atoms with Crippen LogP contribution in [-0.2, 0) is 6.54 Å². The molecule has 1 aromatic carbocycles. The van der Waals surface area contributed by atoms with Crippen LogP contribution in [0.15, 0.2) is 18.5 Å². The smallest absolute Gasteiger partial charge is 0.128 e. The molecule has 0 amide bonds. The third-order valence-corrected chi connectivity index (χ3v) is 2.99. The van der Waals surface area contributed by atoms with E-state index in [0.717, 1.165) is 22.7 Å². The van der Waals surface area contributed by atoms with E-state index < -0.39 is 0 Å². The van der Waals surface area contributed by atoms with Gasteiger partial charge in [0.25, 0.3) is 0 Å². The van der Waals surface area contributed by atoms with E-state index in [1.54, 1.807) is 13.4 Å². The average Bonchev–Trinajstić information content (AvgIpc) is 2.80. The molecule has 0 saturated heterocycles. The van der Waals surface area contributed by atoms with Gasteiger partial charge in [0.05, 0.1) is 24.8 Å². The summed E-state index contributed by atoms with van der Waals surface area (Å²) in [6, 6.07) is 4.11. The molecule has 90 valence electrons. The predicted molar refractivity (Wildman–Crippen MR) is 67.9 cm³/mol. The van der Waals surface area contributed by atoms with Crippen molar-refractivity contribution in [2.75, 3.05) is 7.11 Å². The van der Waals surface area contributed by atoms with Crippen LogP contribution in [0.25, 0.3) is 11.3 Å². The fourth-order valence-corrected chi connectivity index (χ4v) is 1.85. The van der Waals surface area contributed by atoms with Gasteiger partial charge in [-0.2, -0.15) is 0 Å². The number of H-pyrrole nitrogens is 1. The third kappa shape index (κ3) is 2.03. The molecule has 0 atom stereocenters. The molecular weight excluding hydrogens is 214 g/mol. The van der Waals surface area contributed by atoms with E-state index in [1.165, 1.54) is 11.1 Å². The molecule has 2 rings (SSSR count). The first-order valence-corrected chi connectivity index (χ1v) is 5.55. The number of ether oxygens (including phenoxy) is 1. The van der Waals surface area contributed by atoms with Crippen LogP contribution in [0.1, 0.15) is 16.8 Å². The number of nitrogens with two attached hydrogens (primary N) is 1. The Morgan fingerprint density at radius 3 is 2.65 bits per heavy atom. The van der Waals surface area contributed by atoms with Crippen molar-refractivity contribution in [2.24, 2.45) is 5.73 Å². The zero-order valence-electron chi connectivity index (χ0n) is 10.4. The van der Waals surface area contributed by atoms with Crippen LogP contribution >= 0.6 is 0 Å². The Balaban J connectivity index is 2.62. The van der Waals surface area contributed by atoms with Gasteiger partial charge in [-0.25, -0.2) is 4.98 Å². The van der Waals surface area contributed by atoms with Gasteiger partial charge in [0.1, 0.15) is 5.75 Å². The maximum absolute atomic E-state index is 5.68. The van der Waals surface area contributed by atoms with Crippen molar-refractivity contribution in [2.45, 2.75) is 20.4 Å². The number of aryl methyl sites for hydroxylation is 2. The number of rotatable bonds is 3. The topological polar surface area (TPSA) is 63.9 Å². The fourth-order valence-electron chi connectivity index (χ4n) is 1.85.